The van der Waals surface area contributed by atoms with Gasteiger partial charge in [-0.3, -0.25) is 4.99 Å². The van der Waals surface area contributed by atoms with E-state index in [0.717, 1.165) is 44.3 Å². The zero-order chi connectivity index (χ0) is 16.5. The molecule has 0 unspecified atom stereocenters. The van der Waals surface area contributed by atoms with Crippen LogP contribution in [0.3, 0.4) is 0 Å². The van der Waals surface area contributed by atoms with E-state index >= 15 is 0 Å². The summed E-state index contributed by atoms with van der Waals surface area (Å²) >= 11 is 0. The summed E-state index contributed by atoms with van der Waals surface area (Å²) in [6.45, 7) is 6.89. The normalized spacial score (nSPS) is 11.5. The Labute approximate surface area is 138 Å². The molecule has 0 bridgehead atoms. The summed E-state index contributed by atoms with van der Waals surface area (Å²) in [6, 6.07) is 8.40. The van der Waals surface area contributed by atoms with Gasteiger partial charge in [0.05, 0.1) is 0 Å². The molecule has 0 spiro atoms. The molecule has 0 aliphatic carbocycles. The van der Waals surface area contributed by atoms with E-state index in [1.165, 1.54) is 11.1 Å². The number of rotatable bonds is 7. The molecule has 1 heterocycles. The van der Waals surface area contributed by atoms with E-state index < -0.39 is 0 Å². The van der Waals surface area contributed by atoms with Crippen molar-refractivity contribution in [2.75, 3.05) is 13.6 Å². The molecule has 2 aromatic rings. The van der Waals surface area contributed by atoms with Crippen molar-refractivity contribution in [3.63, 3.8) is 0 Å². The highest BCUT2D eigenvalue weighted by Crippen LogP contribution is 2.05. The fourth-order valence-electron chi connectivity index (χ4n) is 2.46. The van der Waals surface area contributed by atoms with Gasteiger partial charge in [0.1, 0.15) is 5.82 Å². The number of hydrogen-bond acceptors (Lipinski definition) is 2. The fraction of sp³-hybridized carbons (Fsp3) is 0.444. The molecule has 2 N–H and O–H groups in total. The molecule has 0 saturated heterocycles. The molecule has 1 aromatic heterocycles. The highest BCUT2D eigenvalue weighted by atomic mass is 15.2. The summed E-state index contributed by atoms with van der Waals surface area (Å²) in [7, 11) is 1.81. The van der Waals surface area contributed by atoms with Crippen molar-refractivity contribution in [3.05, 3.63) is 53.6 Å². The smallest absolute Gasteiger partial charge is 0.191 e. The predicted octanol–water partition coefficient (Wildman–Crippen LogP) is 2.65. The molecule has 1 aromatic carbocycles. The molecular formula is C18H27N5. The van der Waals surface area contributed by atoms with Crippen molar-refractivity contribution < 1.29 is 0 Å². The molecule has 124 valence electrons. The molecule has 2 rings (SSSR count). The molecule has 5 nitrogen and oxygen atoms in total. The third-order valence-corrected chi connectivity index (χ3v) is 3.97. The third-order valence-electron chi connectivity index (χ3n) is 3.97. The summed E-state index contributed by atoms with van der Waals surface area (Å²) < 4.78 is 2.19. The van der Waals surface area contributed by atoms with Crippen LogP contribution in [0.1, 0.15) is 29.8 Å². The van der Waals surface area contributed by atoms with Gasteiger partial charge in [-0.1, -0.05) is 24.3 Å². The van der Waals surface area contributed by atoms with E-state index in [2.05, 4.69) is 56.4 Å². The van der Waals surface area contributed by atoms with Crippen LogP contribution in [0.15, 0.2) is 41.7 Å². The lowest BCUT2D eigenvalue weighted by molar-refractivity contribution is 0.588. The van der Waals surface area contributed by atoms with Crippen LogP contribution in [0.5, 0.6) is 0 Å². The molecule has 23 heavy (non-hydrogen) atoms. The standard InChI is InChI=1S/C18H27N5/c1-15-8-4-5-9-17(15)14-22-18(19-3)21-10-6-7-12-23-13-11-20-16(23)2/h4-5,8-9,11,13H,6-7,10,12,14H2,1-3H3,(H2,19,21,22). The maximum absolute atomic E-state index is 4.27. The molecule has 0 radical (unpaired) electrons. The first-order valence-corrected chi connectivity index (χ1v) is 8.17. The largest absolute Gasteiger partial charge is 0.356 e. The number of unbranched alkanes of at least 4 members (excludes halogenated alkanes) is 1. The van der Waals surface area contributed by atoms with Gasteiger partial charge in [0.25, 0.3) is 0 Å². The molecule has 0 aliphatic rings. The van der Waals surface area contributed by atoms with Crippen molar-refractivity contribution in [1.29, 1.82) is 0 Å². The topological polar surface area (TPSA) is 54.2 Å². The predicted molar refractivity (Wildman–Crippen MR) is 95.6 cm³/mol. The summed E-state index contributed by atoms with van der Waals surface area (Å²) in [4.78, 5) is 8.51. The van der Waals surface area contributed by atoms with Gasteiger partial charge in [-0.05, 0) is 37.8 Å². The molecular weight excluding hydrogens is 286 g/mol. The maximum Gasteiger partial charge on any atom is 0.191 e. The quantitative estimate of drug-likeness (QED) is 0.469. The first kappa shape index (κ1) is 17.1. The molecule has 0 saturated carbocycles. The van der Waals surface area contributed by atoms with Gasteiger partial charge in [-0.15, -0.1) is 0 Å². The van der Waals surface area contributed by atoms with Crippen LogP contribution in [0.2, 0.25) is 0 Å². The maximum atomic E-state index is 4.27. The van der Waals surface area contributed by atoms with Crippen LogP contribution in [-0.2, 0) is 13.1 Å². The lowest BCUT2D eigenvalue weighted by Crippen LogP contribution is -2.37. The summed E-state index contributed by atoms with van der Waals surface area (Å²) in [5.41, 5.74) is 2.59. The number of nitrogens with zero attached hydrogens (tertiary/aromatic N) is 3. The number of nitrogens with one attached hydrogen (secondary N) is 2. The van der Waals surface area contributed by atoms with Crippen molar-refractivity contribution in [3.8, 4) is 0 Å². The summed E-state index contributed by atoms with van der Waals surface area (Å²) in [6.07, 6.45) is 6.11. The summed E-state index contributed by atoms with van der Waals surface area (Å²) in [5, 5.41) is 6.73. The number of benzene rings is 1. The van der Waals surface area contributed by atoms with Gasteiger partial charge in [0, 0.05) is 39.1 Å². The van der Waals surface area contributed by atoms with E-state index in [9.17, 15) is 0 Å². The second-order valence-corrected chi connectivity index (χ2v) is 5.65. The Balaban J connectivity index is 1.65. The minimum atomic E-state index is 0.792. The van der Waals surface area contributed by atoms with Crippen LogP contribution >= 0.6 is 0 Å². The number of hydrogen-bond donors (Lipinski definition) is 2. The van der Waals surface area contributed by atoms with E-state index in [-0.39, 0.29) is 0 Å². The van der Waals surface area contributed by atoms with Crippen LogP contribution in [0.4, 0.5) is 0 Å². The van der Waals surface area contributed by atoms with Gasteiger partial charge in [-0.2, -0.15) is 0 Å². The van der Waals surface area contributed by atoms with E-state index in [1.807, 2.05) is 26.4 Å². The molecule has 0 fully saturated rings. The fourth-order valence-corrected chi connectivity index (χ4v) is 2.46. The average Bonchev–Trinajstić information content (AvgIpc) is 2.96. The van der Waals surface area contributed by atoms with Crippen LogP contribution in [-0.4, -0.2) is 29.1 Å². The van der Waals surface area contributed by atoms with Gasteiger partial charge >= 0.3 is 0 Å². The second kappa shape index (κ2) is 8.98. The van der Waals surface area contributed by atoms with Gasteiger partial charge in [0.15, 0.2) is 5.96 Å². The number of imidazole rings is 1. The second-order valence-electron chi connectivity index (χ2n) is 5.65. The van der Waals surface area contributed by atoms with Crippen LogP contribution in [0.25, 0.3) is 0 Å². The lowest BCUT2D eigenvalue weighted by Gasteiger charge is -2.13. The van der Waals surface area contributed by atoms with Crippen molar-refractivity contribution in [2.45, 2.75) is 39.8 Å². The number of aliphatic imine (C=N–C) groups is 1. The minimum absolute atomic E-state index is 0.792. The van der Waals surface area contributed by atoms with Crippen molar-refractivity contribution in [2.24, 2.45) is 4.99 Å². The Bertz CT molecular complexity index is 630. The van der Waals surface area contributed by atoms with E-state index in [4.69, 9.17) is 0 Å². The zero-order valence-corrected chi connectivity index (χ0v) is 14.3. The monoisotopic (exact) mass is 313 g/mol. The molecule has 0 atom stereocenters. The highest BCUT2D eigenvalue weighted by molar-refractivity contribution is 5.79. The SMILES string of the molecule is CN=C(NCCCCn1ccnc1C)NCc1ccccc1C. The molecule has 0 amide bonds. The molecule has 5 heteroatoms. The Hall–Kier alpha value is -2.30. The third kappa shape index (κ3) is 5.43. The molecule has 0 aliphatic heterocycles. The van der Waals surface area contributed by atoms with E-state index in [0.29, 0.717) is 0 Å². The number of aryl methyl sites for hydroxylation is 3. The Kier molecular flexibility index (Phi) is 6.66. The van der Waals surface area contributed by atoms with Gasteiger partial charge < -0.3 is 15.2 Å². The first-order chi connectivity index (χ1) is 11.2. The van der Waals surface area contributed by atoms with Crippen LogP contribution < -0.4 is 10.6 Å². The first-order valence-electron chi connectivity index (χ1n) is 8.17. The van der Waals surface area contributed by atoms with Crippen LogP contribution in [0, 0.1) is 13.8 Å². The Morgan fingerprint density at radius 1 is 1.17 bits per heavy atom. The summed E-state index contributed by atoms with van der Waals surface area (Å²) in [5.74, 6) is 1.93. The average molecular weight is 313 g/mol. The van der Waals surface area contributed by atoms with E-state index in [1.54, 1.807) is 0 Å². The number of guanidine groups is 1. The number of aromatic nitrogens is 2. The van der Waals surface area contributed by atoms with Crippen molar-refractivity contribution >= 4 is 5.96 Å². The Morgan fingerprint density at radius 3 is 2.70 bits per heavy atom. The Morgan fingerprint density at radius 2 is 2.00 bits per heavy atom. The van der Waals surface area contributed by atoms with Gasteiger partial charge in [0.2, 0.25) is 0 Å². The highest BCUT2D eigenvalue weighted by Gasteiger charge is 2.01. The zero-order valence-electron chi connectivity index (χ0n) is 14.3. The van der Waals surface area contributed by atoms with Gasteiger partial charge in [-0.25, -0.2) is 4.98 Å². The van der Waals surface area contributed by atoms with Crippen molar-refractivity contribution in [1.82, 2.24) is 20.2 Å². The lowest BCUT2D eigenvalue weighted by atomic mass is 10.1. The minimum Gasteiger partial charge on any atom is -0.356 e.